The van der Waals surface area contributed by atoms with E-state index in [2.05, 4.69) is 39.2 Å². The fraction of sp³-hybridized carbons (Fsp3) is 0.389. The lowest BCUT2D eigenvalue weighted by Crippen LogP contribution is -2.47. The van der Waals surface area contributed by atoms with E-state index in [1.807, 2.05) is 73.9 Å². The summed E-state index contributed by atoms with van der Waals surface area (Å²) >= 11 is 0. The number of fused-ring (bicyclic) bond motifs is 1. The largest absolute Gasteiger partial charge is 0.495 e. The van der Waals surface area contributed by atoms with Gasteiger partial charge in [0.2, 0.25) is 0 Å². The zero-order chi connectivity index (χ0) is 31.9. The predicted octanol–water partition coefficient (Wildman–Crippen LogP) is 5.84. The van der Waals surface area contributed by atoms with Crippen LogP contribution in [0.25, 0.3) is 10.9 Å². The van der Waals surface area contributed by atoms with Crippen LogP contribution >= 0.6 is 0 Å². The number of hydrogen-bond acceptors (Lipinski definition) is 8. The minimum absolute atomic E-state index is 0.0630. The quantitative estimate of drug-likeness (QED) is 0.138. The second-order valence-corrected chi connectivity index (χ2v) is 11.7. The first kappa shape index (κ1) is 31.9. The molecule has 2 heterocycles. The molecule has 45 heavy (non-hydrogen) atoms. The van der Waals surface area contributed by atoms with Crippen LogP contribution in [-0.4, -0.2) is 81.4 Å². The van der Waals surface area contributed by atoms with Gasteiger partial charge in [-0.3, -0.25) is 14.5 Å². The number of aromatic nitrogens is 1. The van der Waals surface area contributed by atoms with Gasteiger partial charge in [-0.25, -0.2) is 0 Å². The Morgan fingerprint density at radius 3 is 2.38 bits per heavy atom. The van der Waals surface area contributed by atoms with E-state index >= 15 is 0 Å². The van der Waals surface area contributed by atoms with Crippen LogP contribution in [0, 0.1) is 0 Å². The molecule has 1 fully saturated rings. The zero-order valence-electron chi connectivity index (χ0n) is 27.0. The number of rotatable bonds is 13. The van der Waals surface area contributed by atoms with Gasteiger partial charge < -0.3 is 28.6 Å². The van der Waals surface area contributed by atoms with Crippen molar-refractivity contribution >= 4 is 34.0 Å². The van der Waals surface area contributed by atoms with Crippen LogP contribution in [0.3, 0.4) is 0 Å². The molecule has 238 valence electrons. The molecule has 0 unspecified atom stereocenters. The van der Waals surface area contributed by atoms with E-state index in [1.54, 1.807) is 7.11 Å². The summed E-state index contributed by atoms with van der Waals surface area (Å²) in [6.45, 7) is 8.73. The highest BCUT2D eigenvalue weighted by atomic mass is 16.5. The van der Waals surface area contributed by atoms with E-state index in [-0.39, 0.29) is 17.8 Å². The second-order valence-electron chi connectivity index (χ2n) is 11.7. The molecule has 9 heteroatoms. The molecule has 0 bridgehead atoms. The summed E-state index contributed by atoms with van der Waals surface area (Å²) < 4.78 is 18.9. The number of carbonyl (C=O) groups is 2. The average molecular weight is 613 g/mol. The molecular formula is C36H44N4O5. The normalized spacial score (nSPS) is 13.7. The van der Waals surface area contributed by atoms with Crippen molar-refractivity contribution in [2.75, 3.05) is 64.0 Å². The molecular weight excluding hydrogens is 568 g/mol. The van der Waals surface area contributed by atoms with Crippen molar-refractivity contribution in [3.8, 4) is 11.5 Å². The van der Waals surface area contributed by atoms with Crippen molar-refractivity contribution in [1.82, 2.24) is 9.47 Å². The highest BCUT2D eigenvalue weighted by molar-refractivity contribution is 6.16. The van der Waals surface area contributed by atoms with E-state index in [1.165, 1.54) is 7.11 Å². The van der Waals surface area contributed by atoms with Gasteiger partial charge in [-0.15, -0.1) is 0 Å². The molecule has 0 atom stereocenters. The van der Waals surface area contributed by atoms with Gasteiger partial charge in [0.15, 0.2) is 5.78 Å². The average Bonchev–Trinajstić information content (AvgIpc) is 3.45. The molecule has 0 N–H and O–H groups in total. The fourth-order valence-corrected chi connectivity index (χ4v) is 5.77. The minimum atomic E-state index is -0.236. The summed E-state index contributed by atoms with van der Waals surface area (Å²) in [6.07, 6.45) is 2.86. The Bertz CT molecular complexity index is 1620. The Kier molecular flexibility index (Phi) is 10.3. The summed E-state index contributed by atoms with van der Waals surface area (Å²) in [5.74, 6) is 1.27. The zero-order valence-corrected chi connectivity index (χ0v) is 27.0. The number of ether oxygens (including phenoxy) is 3. The summed E-state index contributed by atoms with van der Waals surface area (Å²) in [5.41, 5.74) is 4.22. The third-order valence-corrected chi connectivity index (χ3v) is 8.62. The third-order valence-electron chi connectivity index (χ3n) is 8.62. The lowest BCUT2D eigenvalue weighted by Gasteiger charge is -2.36. The fourth-order valence-electron chi connectivity index (χ4n) is 5.77. The van der Waals surface area contributed by atoms with E-state index in [0.29, 0.717) is 43.0 Å². The van der Waals surface area contributed by atoms with Crippen molar-refractivity contribution in [3.63, 3.8) is 0 Å². The molecule has 9 nitrogen and oxygen atoms in total. The molecule has 5 rings (SSSR count). The van der Waals surface area contributed by atoms with Crippen LogP contribution in [0.1, 0.15) is 42.6 Å². The number of methoxy groups -OCH3 is 2. The van der Waals surface area contributed by atoms with Crippen molar-refractivity contribution < 1.29 is 23.8 Å². The van der Waals surface area contributed by atoms with Crippen LogP contribution in [0.2, 0.25) is 0 Å². The van der Waals surface area contributed by atoms with Crippen LogP contribution in [-0.2, 0) is 16.1 Å². The van der Waals surface area contributed by atoms with Gasteiger partial charge in [0.25, 0.3) is 0 Å². The van der Waals surface area contributed by atoms with Gasteiger partial charge in [-0.1, -0.05) is 30.3 Å². The molecule has 1 aliphatic rings. The summed E-state index contributed by atoms with van der Waals surface area (Å²) in [4.78, 5) is 32.5. The number of hydrogen-bond donors (Lipinski definition) is 0. The molecule has 1 saturated heterocycles. The summed E-state index contributed by atoms with van der Waals surface area (Å²) in [6, 6.07) is 22.0. The highest BCUT2D eigenvalue weighted by Gasteiger charge is 2.23. The van der Waals surface area contributed by atoms with Crippen LogP contribution in [0.15, 0.2) is 72.9 Å². The maximum atomic E-state index is 14.0. The maximum Gasteiger partial charge on any atom is 0.305 e. The molecule has 3 aromatic carbocycles. The Morgan fingerprint density at radius 1 is 0.911 bits per heavy atom. The number of piperazine rings is 1. The van der Waals surface area contributed by atoms with E-state index in [4.69, 9.17) is 14.2 Å². The molecule has 0 amide bonds. The van der Waals surface area contributed by atoms with Gasteiger partial charge in [0.05, 0.1) is 25.6 Å². The van der Waals surface area contributed by atoms with Crippen LogP contribution < -0.4 is 19.3 Å². The molecule has 0 spiro atoms. The first-order valence-corrected chi connectivity index (χ1v) is 15.6. The number of nitrogens with zero attached hydrogens (tertiary/aromatic N) is 4. The monoisotopic (exact) mass is 612 g/mol. The number of para-hydroxylation sites is 3. The van der Waals surface area contributed by atoms with Crippen molar-refractivity contribution in [1.29, 1.82) is 0 Å². The molecule has 1 aromatic heterocycles. The predicted molar refractivity (Wildman–Crippen MR) is 179 cm³/mol. The van der Waals surface area contributed by atoms with E-state index in [9.17, 15) is 9.59 Å². The first-order chi connectivity index (χ1) is 21.8. The molecule has 0 saturated carbocycles. The summed E-state index contributed by atoms with van der Waals surface area (Å²) in [7, 11) is 5.15. The van der Waals surface area contributed by atoms with Gasteiger partial charge in [0.1, 0.15) is 18.2 Å². The number of benzene rings is 3. The highest BCUT2D eigenvalue weighted by Crippen LogP contribution is 2.33. The Hall–Kier alpha value is -4.50. The lowest BCUT2D eigenvalue weighted by atomic mass is 10.0. The molecule has 1 aliphatic heterocycles. The van der Waals surface area contributed by atoms with Crippen molar-refractivity contribution in [2.24, 2.45) is 0 Å². The number of carbonyl (C=O) groups excluding carboxylic acids is 2. The SMILES string of the molecule is COC(=O)CCCn1cc(C(=O)c2ccc(N(C)C(C)C)c(OCN3CCN(c4ccccc4OC)CC3)c2)c2ccccc21. The van der Waals surface area contributed by atoms with Gasteiger partial charge in [-0.2, -0.15) is 0 Å². The standard InChI is InChI=1S/C36H44N4O5/c1-26(2)37(3)31-17-16-27(36(42)29-24-40(18-10-15-35(41)44-5)30-12-7-6-11-28(29)30)23-34(31)45-25-38-19-21-39(22-20-38)32-13-8-9-14-33(32)43-4/h6-9,11-14,16-17,23-24,26H,10,15,18-22,25H2,1-5H3. The Labute approximate surface area is 265 Å². The van der Waals surface area contributed by atoms with Gasteiger partial charge >= 0.3 is 5.97 Å². The first-order valence-electron chi connectivity index (χ1n) is 15.6. The third kappa shape index (κ3) is 7.26. The van der Waals surface area contributed by atoms with Crippen molar-refractivity contribution in [3.05, 3.63) is 84.1 Å². The molecule has 0 radical (unpaired) electrons. The smallest absolute Gasteiger partial charge is 0.305 e. The van der Waals surface area contributed by atoms with Crippen LogP contribution in [0.5, 0.6) is 11.5 Å². The Morgan fingerprint density at radius 2 is 1.64 bits per heavy atom. The van der Waals surface area contributed by atoms with Gasteiger partial charge in [-0.05, 0) is 56.7 Å². The lowest BCUT2D eigenvalue weighted by molar-refractivity contribution is -0.140. The Balaban J connectivity index is 1.34. The number of anilines is 2. The maximum absolute atomic E-state index is 14.0. The van der Waals surface area contributed by atoms with Crippen molar-refractivity contribution in [2.45, 2.75) is 39.3 Å². The molecule has 0 aliphatic carbocycles. The summed E-state index contributed by atoms with van der Waals surface area (Å²) in [5, 5.41) is 0.888. The number of aryl methyl sites for hydroxylation is 1. The minimum Gasteiger partial charge on any atom is -0.495 e. The van der Waals surface area contributed by atoms with E-state index in [0.717, 1.165) is 54.2 Å². The number of ketones is 1. The molecule has 4 aromatic rings. The second kappa shape index (κ2) is 14.5. The topological polar surface area (TPSA) is 76.5 Å². The number of esters is 1. The van der Waals surface area contributed by atoms with E-state index < -0.39 is 0 Å². The van der Waals surface area contributed by atoms with Crippen LogP contribution in [0.4, 0.5) is 11.4 Å². The van der Waals surface area contributed by atoms with Gasteiger partial charge in [0, 0.05) is 80.5 Å².